The Morgan fingerprint density at radius 1 is 1.10 bits per heavy atom. The molecule has 2 aromatic rings. The van der Waals surface area contributed by atoms with Gasteiger partial charge in [0.15, 0.2) is 0 Å². The lowest BCUT2D eigenvalue weighted by Crippen LogP contribution is -2.25. The van der Waals surface area contributed by atoms with Crippen molar-refractivity contribution in [2.24, 2.45) is 5.73 Å². The first-order chi connectivity index (χ1) is 9.95. The van der Waals surface area contributed by atoms with E-state index in [-0.39, 0.29) is 11.9 Å². The van der Waals surface area contributed by atoms with Crippen LogP contribution in [0.2, 0.25) is 0 Å². The largest absolute Gasteiger partial charge is 0.327 e. The maximum Gasteiger partial charge on any atom is 0.304 e. The van der Waals surface area contributed by atoms with E-state index in [0.29, 0.717) is 18.4 Å². The standard InChI is InChI=1S/C15H14F2N2O2/c16-12-3-1-2-10(6-12)7-13(18)8-11-4-5-15(19(20)21)14(17)9-11/h1-6,9,13H,7-8,18H2. The molecule has 0 aliphatic heterocycles. The second-order valence-corrected chi connectivity index (χ2v) is 4.84. The van der Waals surface area contributed by atoms with E-state index in [1.807, 2.05) is 0 Å². The van der Waals surface area contributed by atoms with Crippen molar-refractivity contribution in [1.29, 1.82) is 0 Å². The van der Waals surface area contributed by atoms with Gasteiger partial charge in [-0.1, -0.05) is 18.2 Å². The summed E-state index contributed by atoms with van der Waals surface area (Å²) in [7, 11) is 0. The highest BCUT2D eigenvalue weighted by molar-refractivity contribution is 5.35. The van der Waals surface area contributed by atoms with Gasteiger partial charge >= 0.3 is 5.69 Å². The predicted octanol–water partition coefficient (Wildman–Crippen LogP) is 2.99. The van der Waals surface area contributed by atoms with E-state index in [1.54, 1.807) is 12.1 Å². The molecule has 2 aromatic carbocycles. The first-order valence-electron chi connectivity index (χ1n) is 6.38. The number of hydrogen-bond acceptors (Lipinski definition) is 3. The lowest BCUT2D eigenvalue weighted by Gasteiger charge is -2.12. The summed E-state index contributed by atoms with van der Waals surface area (Å²) in [6.45, 7) is 0. The van der Waals surface area contributed by atoms with Crippen LogP contribution < -0.4 is 5.73 Å². The highest BCUT2D eigenvalue weighted by Crippen LogP contribution is 2.19. The second-order valence-electron chi connectivity index (χ2n) is 4.84. The molecule has 21 heavy (non-hydrogen) atoms. The van der Waals surface area contributed by atoms with Gasteiger partial charge in [-0.25, -0.2) is 4.39 Å². The Balaban J connectivity index is 2.04. The van der Waals surface area contributed by atoms with Crippen LogP contribution in [0.25, 0.3) is 0 Å². The summed E-state index contributed by atoms with van der Waals surface area (Å²) in [6.07, 6.45) is 0.793. The number of halogens is 2. The van der Waals surface area contributed by atoms with Gasteiger partial charge in [-0.2, -0.15) is 4.39 Å². The van der Waals surface area contributed by atoms with Crippen molar-refractivity contribution in [3.05, 3.63) is 75.3 Å². The molecule has 110 valence electrons. The molecular formula is C15H14F2N2O2. The van der Waals surface area contributed by atoms with Gasteiger partial charge in [0.1, 0.15) is 5.82 Å². The fourth-order valence-electron chi connectivity index (χ4n) is 2.17. The molecule has 0 fully saturated rings. The lowest BCUT2D eigenvalue weighted by atomic mass is 9.99. The number of benzene rings is 2. The zero-order valence-corrected chi connectivity index (χ0v) is 11.1. The van der Waals surface area contributed by atoms with Crippen LogP contribution >= 0.6 is 0 Å². The predicted molar refractivity (Wildman–Crippen MR) is 74.8 cm³/mol. The minimum absolute atomic E-state index is 0.326. The molecule has 0 aliphatic carbocycles. The molecule has 6 heteroatoms. The molecule has 0 saturated heterocycles. The van der Waals surface area contributed by atoms with Crippen molar-refractivity contribution in [1.82, 2.24) is 0 Å². The van der Waals surface area contributed by atoms with Crippen molar-refractivity contribution in [3.63, 3.8) is 0 Å². The molecule has 0 heterocycles. The summed E-state index contributed by atoms with van der Waals surface area (Å²) in [5.41, 5.74) is 6.72. The Hall–Kier alpha value is -2.34. The molecular weight excluding hydrogens is 278 g/mol. The Labute approximate surface area is 120 Å². The molecule has 2 rings (SSSR count). The minimum atomic E-state index is -0.879. The van der Waals surface area contributed by atoms with E-state index in [2.05, 4.69) is 0 Å². The van der Waals surface area contributed by atoms with Crippen molar-refractivity contribution in [2.75, 3.05) is 0 Å². The number of nitro groups is 1. The van der Waals surface area contributed by atoms with E-state index in [9.17, 15) is 18.9 Å². The Morgan fingerprint density at radius 2 is 1.76 bits per heavy atom. The molecule has 0 aromatic heterocycles. The van der Waals surface area contributed by atoms with Crippen LogP contribution in [0.15, 0.2) is 42.5 Å². The van der Waals surface area contributed by atoms with Crippen LogP contribution in [-0.2, 0) is 12.8 Å². The topological polar surface area (TPSA) is 69.2 Å². The van der Waals surface area contributed by atoms with Gasteiger partial charge < -0.3 is 5.73 Å². The smallest absolute Gasteiger partial charge is 0.304 e. The Bertz CT molecular complexity index is 662. The Morgan fingerprint density at radius 3 is 2.33 bits per heavy atom. The van der Waals surface area contributed by atoms with E-state index in [1.165, 1.54) is 18.2 Å². The second kappa shape index (κ2) is 6.41. The molecule has 0 saturated carbocycles. The minimum Gasteiger partial charge on any atom is -0.327 e. The van der Waals surface area contributed by atoms with Crippen molar-refractivity contribution < 1.29 is 13.7 Å². The first kappa shape index (κ1) is 15.1. The highest BCUT2D eigenvalue weighted by atomic mass is 19.1. The van der Waals surface area contributed by atoms with E-state index < -0.39 is 16.4 Å². The fraction of sp³-hybridized carbons (Fsp3) is 0.200. The molecule has 1 atom stereocenters. The molecule has 0 spiro atoms. The molecule has 0 amide bonds. The van der Waals surface area contributed by atoms with Gasteiger partial charge in [-0.3, -0.25) is 10.1 Å². The van der Waals surface area contributed by atoms with Crippen LogP contribution in [0.3, 0.4) is 0 Å². The van der Waals surface area contributed by atoms with Crippen LogP contribution in [0, 0.1) is 21.7 Å². The van der Waals surface area contributed by atoms with Crippen molar-refractivity contribution in [3.8, 4) is 0 Å². The van der Waals surface area contributed by atoms with Gasteiger partial charge in [0.2, 0.25) is 5.82 Å². The zero-order valence-electron chi connectivity index (χ0n) is 11.1. The number of rotatable bonds is 5. The third kappa shape index (κ3) is 4.06. The molecule has 0 radical (unpaired) electrons. The zero-order chi connectivity index (χ0) is 15.4. The highest BCUT2D eigenvalue weighted by Gasteiger charge is 2.15. The van der Waals surface area contributed by atoms with Crippen LogP contribution in [0.1, 0.15) is 11.1 Å². The average Bonchev–Trinajstić information content (AvgIpc) is 2.38. The third-order valence-electron chi connectivity index (χ3n) is 3.09. The quantitative estimate of drug-likeness (QED) is 0.680. The van der Waals surface area contributed by atoms with Crippen molar-refractivity contribution in [2.45, 2.75) is 18.9 Å². The average molecular weight is 292 g/mol. The third-order valence-corrected chi connectivity index (χ3v) is 3.09. The maximum absolute atomic E-state index is 13.5. The Kier molecular flexibility index (Phi) is 4.59. The fourth-order valence-corrected chi connectivity index (χ4v) is 2.17. The molecule has 2 N–H and O–H groups in total. The molecule has 0 aliphatic rings. The number of nitrogens with zero attached hydrogens (tertiary/aromatic N) is 1. The molecule has 0 bridgehead atoms. The van der Waals surface area contributed by atoms with Gasteiger partial charge in [0, 0.05) is 12.1 Å². The van der Waals surface area contributed by atoms with E-state index >= 15 is 0 Å². The number of nitrogens with two attached hydrogens (primary N) is 1. The van der Waals surface area contributed by atoms with Crippen LogP contribution in [-0.4, -0.2) is 11.0 Å². The van der Waals surface area contributed by atoms with Gasteiger partial charge in [0.25, 0.3) is 0 Å². The molecule has 1 unspecified atom stereocenters. The summed E-state index contributed by atoms with van der Waals surface area (Å²) < 4.78 is 26.6. The van der Waals surface area contributed by atoms with Crippen molar-refractivity contribution >= 4 is 5.69 Å². The van der Waals surface area contributed by atoms with E-state index in [4.69, 9.17) is 5.73 Å². The summed E-state index contributed by atoms with van der Waals surface area (Å²) in [4.78, 5) is 9.76. The first-order valence-corrected chi connectivity index (χ1v) is 6.38. The summed E-state index contributed by atoms with van der Waals surface area (Å²) >= 11 is 0. The van der Waals surface area contributed by atoms with Gasteiger partial charge in [-0.15, -0.1) is 0 Å². The molecule has 4 nitrogen and oxygen atoms in total. The van der Waals surface area contributed by atoms with Gasteiger partial charge in [0.05, 0.1) is 4.92 Å². The van der Waals surface area contributed by atoms with E-state index in [0.717, 1.165) is 17.7 Å². The number of nitro benzene ring substituents is 1. The SMILES string of the molecule is NC(Cc1cccc(F)c1)Cc1ccc([N+](=O)[O-])c(F)c1. The van der Waals surface area contributed by atoms with Gasteiger partial charge in [-0.05, 0) is 42.2 Å². The normalized spacial score (nSPS) is 12.1. The summed E-state index contributed by atoms with van der Waals surface area (Å²) in [5, 5.41) is 10.5. The monoisotopic (exact) mass is 292 g/mol. The summed E-state index contributed by atoms with van der Waals surface area (Å²) in [6, 6.07) is 9.50. The summed E-state index contributed by atoms with van der Waals surface area (Å²) in [5.74, 6) is -1.21. The van der Waals surface area contributed by atoms with Crippen LogP contribution in [0.4, 0.5) is 14.5 Å². The lowest BCUT2D eigenvalue weighted by molar-refractivity contribution is -0.387. The van der Waals surface area contributed by atoms with Crippen LogP contribution in [0.5, 0.6) is 0 Å². The number of hydrogen-bond donors (Lipinski definition) is 1. The maximum atomic E-state index is 13.5.